The molecule has 2 atom stereocenters. The van der Waals surface area contributed by atoms with Crippen molar-refractivity contribution >= 4 is 11.6 Å². The first-order valence-electron chi connectivity index (χ1n) is 4.70. The Bertz CT molecular complexity index is 328. The summed E-state index contributed by atoms with van der Waals surface area (Å²) in [5.41, 5.74) is 8.59. The van der Waals surface area contributed by atoms with E-state index >= 15 is 0 Å². The van der Waals surface area contributed by atoms with Gasteiger partial charge in [0.05, 0.1) is 0 Å². The molecule has 0 saturated carbocycles. The molecular formula is C10H15ClN2. The fraction of sp³-hybridized carbons (Fsp3) is 0.600. The van der Waals surface area contributed by atoms with E-state index in [9.17, 15) is 0 Å². The van der Waals surface area contributed by atoms with E-state index in [0.717, 1.165) is 18.0 Å². The van der Waals surface area contributed by atoms with Crippen molar-refractivity contribution in [3.63, 3.8) is 0 Å². The fourth-order valence-corrected chi connectivity index (χ4v) is 2.50. The second-order valence-corrected chi connectivity index (χ2v) is 4.33. The lowest BCUT2D eigenvalue weighted by Gasteiger charge is -2.13. The second kappa shape index (κ2) is 3.03. The first kappa shape index (κ1) is 9.10. The maximum absolute atomic E-state index is 6.15. The van der Waals surface area contributed by atoms with Gasteiger partial charge >= 0.3 is 0 Å². The first-order valence-corrected chi connectivity index (χ1v) is 5.08. The van der Waals surface area contributed by atoms with Gasteiger partial charge in [0.1, 0.15) is 5.15 Å². The number of halogens is 1. The number of hydrogen-bond acceptors (Lipinski definition) is 1. The minimum atomic E-state index is 0.236. The lowest BCUT2D eigenvalue weighted by Crippen LogP contribution is -2.22. The standard InChI is InChI=1S/C10H15ClN2/c1-6(12)7-3-4-8-9(7)5-13(2)10(8)11/h5-7H,3-4,12H2,1-2H3. The largest absolute Gasteiger partial charge is 0.341 e. The van der Waals surface area contributed by atoms with Crippen LogP contribution in [0.4, 0.5) is 0 Å². The van der Waals surface area contributed by atoms with Crippen LogP contribution in [0.25, 0.3) is 0 Å². The molecule has 2 rings (SSSR count). The third-order valence-corrected chi connectivity index (χ3v) is 3.47. The van der Waals surface area contributed by atoms with Crippen LogP contribution in [0.3, 0.4) is 0 Å². The smallest absolute Gasteiger partial charge is 0.112 e. The minimum Gasteiger partial charge on any atom is -0.341 e. The predicted octanol–water partition coefficient (Wildman–Crippen LogP) is 2.06. The van der Waals surface area contributed by atoms with Crippen LogP contribution in [-0.4, -0.2) is 10.6 Å². The van der Waals surface area contributed by atoms with Gasteiger partial charge in [-0.3, -0.25) is 0 Å². The van der Waals surface area contributed by atoms with Gasteiger partial charge in [-0.2, -0.15) is 0 Å². The highest BCUT2D eigenvalue weighted by Gasteiger charge is 2.29. The molecule has 72 valence electrons. The third kappa shape index (κ3) is 1.29. The van der Waals surface area contributed by atoms with Crippen molar-refractivity contribution in [1.29, 1.82) is 0 Å². The molecule has 2 unspecified atom stereocenters. The Balaban J connectivity index is 2.43. The van der Waals surface area contributed by atoms with Crippen molar-refractivity contribution in [3.8, 4) is 0 Å². The number of nitrogens with two attached hydrogens (primary N) is 1. The SMILES string of the molecule is CC(N)C1CCc2c1cn(C)c2Cl. The summed E-state index contributed by atoms with van der Waals surface area (Å²) in [6.07, 6.45) is 4.36. The molecule has 1 aliphatic carbocycles. The molecule has 0 aromatic carbocycles. The Morgan fingerprint density at radius 1 is 1.69 bits per heavy atom. The normalized spacial score (nSPS) is 23.2. The van der Waals surface area contributed by atoms with E-state index in [2.05, 4.69) is 13.1 Å². The predicted molar refractivity (Wildman–Crippen MR) is 55.1 cm³/mol. The van der Waals surface area contributed by atoms with E-state index in [1.807, 2.05) is 11.6 Å². The Kier molecular flexibility index (Phi) is 2.12. The van der Waals surface area contributed by atoms with E-state index in [4.69, 9.17) is 17.3 Å². The zero-order valence-corrected chi connectivity index (χ0v) is 8.80. The number of hydrogen-bond donors (Lipinski definition) is 1. The van der Waals surface area contributed by atoms with Gasteiger partial charge in [-0.25, -0.2) is 0 Å². The lowest BCUT2D eigenvalue weighted by atomic mass is 9.97. The van der Waals surface area contributed by atoms with Crippen LogP contribution < -0.4 is 5.73 Å². The van der Waals surface area contributed by atoms with Gasteiger partial charge in [-0.15, -0.1) is 0 Å². The van der Waals surface area contributed by atoms with Crippen LogP contribution in [0.2, 0.25) is 5.15 Å². The van der Waals surface area contributed by atoms with Crippen LogP contribution in [0.5, 0.6) is 0 Å². The van der Waals surface area contributed by atoms with Gasteiger partial charge in [0.15, 0.2) is 0 Å². The highest BCUT2D eigenvalue weighted by Crippen LogP contribution is 2.39. The molecule has 2 N–H and O–H groups in total. The van der Waals surface area contributed by atoms with Gasteiger partial charge < -0.3 is 10.3 Å². The summed E-state index contributed by atoms with van der Waals surface area (Å²) in [4.78, 5) is 0. The number of aromatic nitrogens is 1. The van der Waals surface area contributed by atoms with Crippen LogP contribution in [0.15, 0.2) is 6.20 Å². The summed E-state index contributed by atoms with van der Waals surface area (Å²) in [6, 6.07) is 0.236. The molecule has 2 nitrogen and oxygen atoms in total. The average Bonchev–Trinajstić information content (AvgIpc) is 2.55. The van der Waals surface area contributed by atoms with E-state index in [0.29, 0.717) is 5.92 Å². The molecule has 1 aliphatic rings. The van der Waals surface area contributed by atoms with Crippen molar-refractivity contribution in [1.82, 2.24) is 4.57 Å². The molecule has 3 heteroatoms. The van der Waals surface area contributed by atoms with Crippen LogP contribution >= 0.6 is 11.6 Å². The van der Waals surface area contributed by atoms with E-state index in [-0.39, 0.29) is 6.04 Å². The summed E-state index contributed by atoms with van der Waals surface area (Å²) in [5.74, 6) is 0.508. The zero-order chi connectivity index (χ0) is 9.59. The lowest BCUT2D eigenvalue weighted by molar-refractivity contribution is 0.561. The van der Waals surface area contributed by atoms with Gasteiger partial charge in [0.25, 0.3) is 0 Å². The summed E-state index contributed by atoms with van der Waals surface area (Å²) in [6.45, 7) is 2.07. The molecule has 13 heavy (non-hydrogen) atoms. The van der Waals surface area contributed by atoms with Gasteiger partial charge in [-0.1, -0.05) is 11.6 Å². The molecule has 0 amide bonds. The first-order chi connectivity index (χ1) is 6.11. The molecular weight excluding hydrogens is 184 g/mol. The number of nitrogens with zero attached hydrogens (tertiary/aromatic N) is 1. The molecule has 0 fully saturated rings. The zero-order valence-electron chi connectivity index (χ0n) is 8.05. The number of aryl methyl sites for hydroxylation is 1. The van der Waals surface area contributed by atoms with Gasteiger partial charge in [0.2, 0.25) is 0 Å². The van der Waals surface area contributed by atoms with E-state index in [1.54, 1.807) is 0 Å². The Labute approximate surface area is 83.7 Å². The van der Waals surface area contributed by atoms with E-state index in [1.165, 1.54) is 11.1 Å². The quantitative estimate of drug-likeness (QED) is 0.736. The van der Waals surface area contributed by atoms with Gasteiger partial charge in [0, 0.05) is 25.2 Å². The van der Waals surface area contributed by atoms with Crippen LogP contribution in [0.1, 0.15) is 30.4 Å². The highest BCUT2D eigenvalue weighted by atomic mass is 35.5. The van der Waals surface area contributed by atoms with Crippen LogP contribution in [0, 0.1) is 0 Å². The Morgan fingerprint density at radius 3 is 3.00 bits per heavy atom. The maximum Gasteiger partial charge on any atom is 0.112 e. The summed E-state index contributed by atoms with van der Waals surface area (Å²) >= 11 is 6.15. The Hall–Kier alpha value is -0.470. The fourth-order valence-electron chi connectivity index (χ4n) is 2.24. The summed E-state index contributed by atoms with van der Waals surface area (Å²) in [5, 5.41) is 0.887. The molecule has 1 aromatic heterocycles. The third-order valence-electron chi connectivity index (χ3n) is 2.98. The number of rotatable bonds is 1. The van der Waals surface area contributed by atoms with Crippen molar-refractivity contribution in [2.45, 2.75) is 31.7 Å². The molecule has 1 aromatic rings. The molecule has 1 heterocycles. The minimum absolute atomic E-state index is 0.236. The highest BCUT2D eigenvalue weighted by molar-refractivity contribution is 6.30. The molecule has 0 radical (unpaired) electrons. The Morgan fingerprint density at radius 2 is 2.38 bits per heavy atom. The molecule has 0 spiro atoms. The summed E-state index contributed by atoms with van der Waals surface area (Å²) < 4.78 is 1.99. The van der Waals surface area contributed by atoms with Crippen molar-refractivity contribution in [2.24, 2.45) is 12.8 Å². The number of fused-ring (bicyclic) bond motifs is 1. The van der Waals surface area contributed by atoms with Crippen molar-refractivity contribution in [2.75, 3.05) is 0 Å². The average molecular weight is 199 g/mol. The van der Waals surface area contributed by atoms with Crippen molar-refractivity contribution < 1.29 is 0 Å². The van der Waals surface area contributed by atoms with Crippen molar-refractivity contribution in [3.05, 3.63) is 22.5 Å². The monoisotopic (exact) mass is 198 g/mol. The summed E-state index contributed by atoms with van der Waals surface area (Å²) in [7, 11) is 1.99. The van der Waals surface area contributed by atoms with E-state index < -0.39 is 0 Å². The van der Waals surface area contributed by atoms with Crippen LogP contribution in [-0.2, 0) is 13.5 Å². The van der Waals surface area contributed by atoms with Gasteiger partial charge in [-0.05, 0) is 30.9 Å². The second-order valence-electron chi connectivity index (χ2n) is 3.97. The molecule has 0 aliphatic heterocycles. The molecule has 0 bridgehead atoms. The molecule has 0 saturated heterocycles. The maximum atomic E-state index is 6.15. The topological polar surface area (TPSA) is 30.9 Å².